The van der Waals surface area contributed by atoms with Gasteiger partial charge in [0.2, 0.25) is 5.91 Å². The van der Waals surface area contributed by atoms with Crippen LogP contribution in [0.5, 0.6) is 5.75 Å². The summed E-state index contributed by atoms with van der Waals surface area (Å²) in [4.78, 5) is 34.1. The van der Waals surface area contributed by atoms with Crippen LogP contribution < -0.4 is 10.1 Å². The van der Waals surface area contributed by atoms with Crippen LogP contribution in [0.4, 0.5) is 18.9 Å². The fraction of sp³-hybridized carbons (Fsp3) is 0.353. The lowest BCUT2D eigenvalue weighted by molar-refractivity contribution is -0.143. The smallest absolute Gasteiger partial charge is 0.433 e. The van der Waals surface area contributed by atoms with Gasteiger partial charge >= 0.3 is 6.18 Å². The summed E-state index contributed by atoms with van der Waals surface area (Å²) >= 11 is 0. The molecule has 0 unspecified atom stereocenters. The second kappa shape index (κ2) is 13.9. The van der Waals surface area contributed by atoms with Gasteiger partial charge in [0.25, 0.3) is 5.91 Å². The number of amides is 2. The number of nitrogens with zero attached hydrogens (tertiary/aromatic N) is 5. The molecule has 0 spiro atoms. The van der Waals surface area contributed by atoms with E-state index < -0.39 is 17.8 Å². The Bertz CT molecular complexity index is 1750. The van der Waals surface area contributed by atoms with E-state index in [1.807, 2.05) is 29.2 Å². The number of nitrogens with one attached hydrogen (secondary N) is 1. The quantitative estimate of drug-likeness (QED) is 0.247. The third kappa shape index (κ3) is 7.00. The molecule has 1 aliphatic heterocycles. The first-order chi connectivity index (χ1) is 22.6. The largest absolute Gasteiger partial charge is 0.497 e. The molecule has 2 fully saturated rings. The summed E-state index contributed by atoms with van der Waals surface area (Å²) in [5, 5.41) is 17.2. The van der Waals surface area contributed by atoms with Crippen LogP contribution in [0.15, 0.2) is 67.9 Å². The van der Waals surface area contributed by atoms with Gasteiger partial charge in [-0.05, 0) is 61.7 Å². The molecule has 4 aromatic rings. The summed E-state index contributed by atoms with van der Waals surface area (Å²) in [6.07, 6.45) is -1.82. The summed E-state index contributed by atoms with van der Waals surface area (Å²) in [5.41, 5.74) is 0.731. The first-order valence-corrected chi connectivity index (χ1v) is 15.2. The predicted octanol–water partition coefficient (Wildman–Crippen LogP) is 5.37. The molecule has 6 rings (SSSR count). The minimum absolute atomic E-state index is 0.00404. The van der Waals surface area contributed by atoms with E-state index in [-0.39, 0.29) is 60.0 Å². The third-order valence-electron chi connectivity index (χ3n) is 8.45. The summed E-state index contributed by atoms with van der Waals surface area (Å²) < 4.78 is 48.8. The Labute approximate surface area is 270 Å². The number of ether oxygens (including phenoxy) is 1. The Morgan fingerprint density at radius 2 is 1.77 bits per heavy atom. The SMILES string of the molecule is C=C.COc1ccc(-c2nc3c(C(=O)N4CCN([C@H](CO)c5cccc(NC(=O)C6CC6)c5)CC4)cnn3c(C(F)(F)F)c2C)cc1. The number of aliphatic hydroxyl groups excluding tert-OH is 1. The molecule has 2 aliphatic rings. The highest BCUT2D eigenvalue weighted by molar-refractivity contribution is 6.00. The van der Waals surface area contributed by atoms with Crippen LogP contribution in [0.2, 0.25) is 0 Å². The number of carbonyl (C=O) groups excluding carboxylic acids is 2. The number of aliphatic hydroxyl groups is 1. The van der Waals surface area contributed by atoms with Crippen molar-refractivity contribution in [3.8, 4) is 17.0 Å². The summed E-state index contributed by atoms with van der Waals surface area (Å²) in [6.45, 7) is 8.59. The number of hydrogen-bond acceptors (Lipinski definition) is 7. The Balaban J connectivity index is 0.00000213. The standard InChI is InChI=1S/C32H33F3N6O4.C2H4/c1-19-27(20-8-10-24(45-2)11-9-20)38-29-25(17-36-41(29)28(19)32(33,34)35)31(44)40-14-12-39(13-15-40)26(18-42)22-4-3-5-23(16-22)37-30(43)21-6-7-21;1-2/h3-5,8-11,16-17,21,26,42H,6-7,12-15,18H2,1-2H3,(H,37,43);1-2H2/t26-;/m1./s1. The maximum absolute atomic E-state index is 14.3. The van der Waals surface area contributed by atoms with Crippen LogP contribution in [0.3, 0.4) is 0 Å². The van der Waals surface area contributed by atoms with Crippen molar-refractivity contribution in [2.24, 2.45) is 5.92 Å². The van der Waals surface area contributed by atoms with E-state index in [2.05, 4.69) is 28.6 Å². The minimum Gasteiger partial charge on any atom is -0.497 e. The first-order valence-electron chi connectivity index (χ1n) is 15.2. The second-order valence-electron chi connectivity index (χ2n) is 11.4. The number of benzene rings is 2. The van der Waals surface area contributed by atoms with Gasteiger partial charge in [-0.15, -0.1) is 13.2 Å². The highest BCUT2D eigenvalue weighted by atomic mass is 19.4. The van der Waals surface area contributed by atoms with E-state index >= 15 is 0 Å². The average molecular weight is 651 g/mol. The van der Waals surface area contributed by atoms with Crippen molar-refractivity contribution in [2.75, 3.05) is 45.2 Å². The lowest BCUT2D eigenvalue weighted by Gasteiger charge is -2.38. The summed E-state index contributed by atoms with van der Waals surface area (Å²) in [6, 6.07) is 13.5. The molecule has 13 heteroatoms. The molecule has 3 heterocycles. The molecule has 2 amide bonds. The summed E-state index contributed by atoms with van der Waals surface area (Å²) in [7, 11) is 1.50. The van der Waals surface area contributed by atoms with E-state index in [9.17, 15) is 27.9 Å². The molecule has 0 radical (unpaired) electrons. The van der Waals surface area contributed by atoms with Crippen LogP contribution in [0.1, 0.15) is 46.1 Å². The number of halogens is 3. The molecule has 1 aliphatic carbocycles. The normalized spacial score (nSPS) is 15.9. The second-order valence-corrected chi connectivity index (χ2v) is 11.4. The molecule has 2 aromatic heterocycles. The number of methoxy groups -OCH3 is 1. The van der Waals surface area contributed by atoms with Gasteiger partial charge in [0.15, 0.2) is 11.3 Å². The monoisotopic (exact) mass is 650 g/mol. The number of piperazine rings is 1. The molecule has 0 bridgehead atoms. The van der Waals surface area contributed by atoms with Crippen molar-refractivity contribution >= 4 is 23.1 Å². The van der Waals surface area contributed by atoms with Gasteiger partial charge in [-0.25, -0.2) is 9.50 Å². The Morgan fingerprint density at radius 3 is 2.36 bits per heavy atom. The zero-order valence-corrected chi connectivity index (χ0v) is 26.3. The summed E-state index contributed by atoms with van der Waals surface area (Å²) in [5.74, 6) is 0.134. The fourth-order valence-electron chi connectivity index (χ4n) is 5.84. The van der Waals surface area contributed by atoms with Crippen molar-refractivity contribution in [1.82, 2.24) is 24.4 Å². The number of fused-ring (bicyclic) bond motifs is 1. The molecule has 1 saturated carbocycles. The molecule has 248 valence electrons. The zero-order chi connectivity index (χ0) is 33.9. The molecule has 1 atom stereocenters. The number of aromatic nitrogens is 3. The molecule has 1 saturated heterocycles. The predicted molar refractivity (Wildman–Crippen MR) is 171 cm³/mol. The third-order valence-corrected chi connectivity index (χ3v) is 8.45. The fourth-order valence-corrected chi connectivity index (χ4v) is 5.84. The van der Waals surface area contributed by atoms with E-state index in [1.54, 1.807) is 29.2 Å². The number of anilines is 1. The highest BCUT2D eigenvalue weighted by Crippen LogP contribution is 2.37. The lowest BCUT2D eigenvalue weighted by Crippen LogP contribution is -2.50. The molecule has 47 heavy (non-hydrogen) atoms. The zero-order valence-electron chi connectivity index (χ0n) is 26.3. The van der Waals surface area contributed by atoms with Crippen LogP contribution >= 0.6 is 0 Å². The minimum atomic E-state index is -4.75. The number of rotatable bonds is 8. The maximum atomic E-state index is 14.3. The lowest BCUT2D eigenvalue weighted by atomic mass is 10.0. The van der Waals surface area contributed by atoms with Crippen LogP contribution in [0, 0.1) is 12.8 Å². The Kier molecular flexibility index (Phi) is 9.96. The number of hydrogen-bond donors (Lipinski definition) is 2. The van der Waals surface area contributed by atoms with Crippen LogP contribution in [-0.4, -0.2) is 81.2 Å². The van der Waals surface area contributed by atoms with Gasteiger partial charge in [0.1, 0.15) is 11.3 Å². The topological polar surface area (TPSA) is 112 Å². The van der Waals surface area contributed by atoms with Gasteiger partial charge in [0, 0.05) is 48.9 Å². The van der Waals surface area contributed by atoms with Gasteiger partial charge < -0.3 is 20.1 Å². The molecule has 10 nitrogen and oxygen atoms in total. The van der Waals surface area contributed by atoms with Crippen molar-refractivity contribution in [3.63, 3.8) is 0 Å². The maximum Gasteiger partial charge on any atom is 0.433 e. The van der Waals surface area contributed by atoms with Gasteiger partial charge in [-0.1, -0.05) is 12.1 Å². The van der Waals surface area contributed by atoms with Crippen LogP contribution in [0.25, 0.3) is 16.9 Å². The molecule has 2 N–H and O–H groups in total. The van der Waals surface area contributed by atoms with E-state index in [4.69, 9.17) is 4.74 Å². The highest BCUT2D eigenvalue weighted by Gasteiger charge is 2.39. The van der Waals surface area contributed by atoms with Gasteiger partial charge in [-0.3, -0.25) is 14.5 Å². The van der Waals surface area contributed by atoms with Gasteiger partial charge in [-0.2, -0.15) is 18.3 Å². The number of alkyl halides is 3. The van der Waals surface area contributed by atoms with Crippen molar-refractivity contribution in [1.29, 1.82) is 0 Å². The number of carbonyl (C=O) groups is 2. The van der Waals surface area contributed by atoms with E-state index in [0.29, 0.717) is 34.6 Å². The first kappa shape index (κ1) is 33.6. The Morgan fingerprint density at radius 1 is 1.09 bits per heavy atom. The molecular weight excluding hydrogens is 613 g/mol. The van der Waals surface area contributed by atoms with E-state index in [1.165, 1.54) is 14.0 Å². The molecular formula is C34H37F3N6O4. The van der Waals surface area contributed by atoms with E-state index in [0.717, 1.165) is 24.6 Å². The van der Waals surface area contributed by atoms with Crippen LogP contribution in [-0.2, 0) is 11.0 Å². The van der Waals surface area contributed by atoms with Gasteiger partial charge in [0.05, 0.1) is 31.6 Å². The van der Waals surface area contributed by atoms with Crippen molar-refractivity contribution < 1.29 is 32.6 Å². The Hall–Kier alpha value is -4.75. The van der Waals surface area contributed by atoms with Crippen molar-refractivity contribution in [2.45, 2.75) is 32.0 Å². The average Bonchev–Trinajstić information content (AvgIpc) is 3.85. The van der Waals surface area contributed by atoms with Crippen molar-refractivity contribution in [3.05, 3.63) is 90.3 Å². The molecule has 2 aromatic carbocycles.